The zero-order valence-corrected chi connectivity index (χ0v) is 79.7. The Balaban J connectivity index is 0.00000113. The Morgan fingerprint density at radius 2 is 0.391 bits per heavy atom. The van der Waals surface area contributed by atoms with Crippen molar-refractivity contribution in [3.63, 3.8) is 0 Å². The molecule has 0 saturated carbocycles. The van der Waals surface area contributed by atoms with E-state index in [1.165, 1.54) is 94.4 Å². The molecule has 704 valence electrons. The van der Waals surface area contributed by atoms with Crippen LogP contribution in [0.15, 0.2) is 194 Å². The SMILES string of the molecule is [2H]C([2H])([2H])C(C)(C)C[C@]([2H])(C)C(=O)c1cccc(Cl)c1.[2H]C([2H])([2H])C(C)(C[C@]([2H])(C)C(=O)c1cccc(Cl)c1)C([2H])([2H])[2H].[2H]C([2H])([2H])C(C[C@@]([2H])(C)C(=O)c1cccc(Cl)c1)(C([2H])([2H])[2H])C([2H])([2H])[2H].[2H]C([2H])([2H])C(C[C@]([2H])(C)C(=O)c1cccc(Cl)c1)(C([2H])([2H])[2H])C([2H])([2H])[2H].[2H]c1c([2H])c(Cl)c([2H])c(C(=O)[C@@]([2H])(C)CC(C([2H])([2H])[2H])(C([2H])([2H])[2H])C([2H])([2H])[2H])c1[2H].[2H]c1c([2H])c(Cl)c([2H])c(C(=O)[C@@]([2H])(C)CC(C)(C)C)c1[2H].[2H]c1c([2H])c(Cl)c([2H])c(C(=O)[C@]([2H])(C)CC(C([2H])([2H])[2H])(C([2H])([2H])[2H])C([2H])([2H])[2H])c1[2H].[2H]c1c([2H])c(Cl)c([2H])c(C(=O)[C@]([2H])(C)CC(C)(C)C)c1[2H]. The third-order valence-electron chi connectivity index (χ3n) is 15.8. The molecule has 0 aliphatic carbocycles. The number of hydrogen-bond acceptors (Lipinski definition) is 8. The number of carbonyl (C=O) groups is 8. The molecular weight excluding hydrogens is 1760 g/mol. The van der Waals surface area contributed by atoms with Crippen molar-refractivity contribution in [1.82, 2.24) is 0 Å². The predicted molar refractivity (Wildman–Crippen MR) is 552 cm³/mol. The summed E-state index contributed by atoms with van der Waals surface area (Å²) in [6, 6.07) is 12.9. The van der Waals surface area contributed by atoms with E-state index in [1.807, 2.05) is 41.5 Å². The van der Waals surface area contributed by atoms with E-state index >= 15 is 0 Å². The molecule has 128 heavy (non-hydrogen) atoms. The predicted octanol–water partition coefficient (Wildman–Crippen LogP) is 36.8. The summed E-state index contributed by atoms with van der Waals surface area (Å²) in [5.74, 6) is -23.8. The number of carbonyl (C=O) groups excluding carboxylic acids is 8. The van der Waals surface area contributed by atoms with E-state index in [0.29, 0.717) is 15.6 Å². The molecule has 8 aromatic carbocycles. The molecule has 0 saturated heterocycles. The fourth-order valence-electron chi connectivity index (χ4n) is 11.1. The van der Waals surface area contributed by atoms with Crippen LogP contribution in [0.2, 0.25) is 40.2 Å². The van der Waals surface area contributed by atoms with E-state index < -0.39 is 379 Å². The van der Waals surface area contributed by atoms with Gasteiger partial charge >= 0.3 is 0 Å². The van der Waals surface area contributed by atoms with E-state index in [-0.39, 0.29) is 78.0 Å². The highest BCUT2D eigenvalue weighted by atomic mass is 35.5. The average molecular weight is 1980 g/mol. The molecule has 16 heteroatoms. The van der Waals surface area contributed by atoms with Gasteiger partial charge in [-0.3, -0.25) is 38.4 Å². The number of ketones is 8. The molecule has 0 heterocycles. The fourth-order valence-corrected chi connectivity index (χ4v) is 12.4. The lowest BCUT2D eigenvalue weighted by Gasteiger charge is -2.22. The second kappa shape index (κ2) is 54.6. The average Bonchev–Trinajstić information content (AvgIpc) is 0.712. The van der Waals surface area contributed by atoms with Gasteiger partial charge in [0, 0.05) is 204 Å². The molecule has 8 nitrogen and oxygen atoms in total. The smallest absolute Gasteiger partial charge is 0.165 e. The summed E-state index contributed by atoms with van der Waals surface area (Å²) in [5.41, 5.74) is -19.3. The topological polar surface area (TPSA) is 137 Å². The molecule has 0 fully saturated rings. The van der Waals surface area contributed by atoms with Crippen LogP contribution in [0.1, 0.15) is 449 Å². The van der Waals surface area contributed by atoms with Gasteiger partial charge in [-0.15, -0.1) is 0 Å². The van der Waals surface area contributed by atoms with Gasteiger partial charge < -0.3 is 0 Å². The number of hydrogen-bond donors (Lipinski definition) is 0. The monoisotopic (exact) mass is 1970 g/mol. The minimum absolute atomic E-state index is 0.0366. The molecule has 8 rings (SSSR count). The Labute approximate surface area is 910 Å². The van der Waals surface area contributed by atoms with Gasteiger partial charge in [-0.05, 0) is 192 Å². The minimum atomic E-state index is -3.64. The Morgan fingerprint density at radius 1 is 0.234 bits per heavy atom. The third kappa shape index (κ3) is 53.2. The zero-order chi connectivity index (χ0) is 158. The fraction of sp³-hybridized carbons (Fsp3) is 0.500. The lowest BCUT2D eigenvalue weighted by Crippen LogP contribution is -2.18. The first kappa shape index (κ1) is 48.6. The second-order valence-electron chi connectivity index (χ2n) is 33.0. The first-order chi connectivity index (χ1) is 86.4. The first-order valence-electron chi connectivity index (χ1n) is 72.8. The molecule has 0 amide bonds. The second-order valence-corrected chi connectivity index (χ2v) is 36.3. The molecule has 0 aliphatic heterocycles. The highest BCUT2D eigenvalue weighted by Crippen LogP contribution is 2.35. The number of benzene rings is 8. The minimum Gasteiger partial charge on any atom is -0.294 e. The first-order valence-corrected chi connectivity index (χ1v) is 41.4. The van der Waals surface area contributed by atoms with Crippen molar-refractivity contribution in [2.24, 2.45) is 90.5 Å². The van der Waals surface area contributed by atoms with Gasteiger partial charge in [0.2, 0.25) is 0 Å². The molecule has 0 aliphatic rings. The van der Waals surface area contributed by atoms with Crippen LogP contribution in [-0.2, 0) is 0 Å². The standard InChI is InChI=1S/8C14H19ClO/c8*1-10(9-14(2,3)4)13(16)11-6-5-7-12(15)8-11/h8*5-8,10H,9H2,1-4H3/t8*10-/m11100000/s1/i2D3,3D3,4D3,5D,6D,7D,8D,10D;5D,6D,7D,8D,10D;2D3,3D3,4D3,10D;2D3,3D3,4D3,5D,6D,7D,8D,10D;5D,6D,7D,8D,10D;2D3,3D3,4D3,10D;2D3,3D3,10D;2D3,10D. The zero-order valence-electron chi connectivity index (χ0n) is 143. The van der Waals surface area contributed by atoms with E-state index in [2.05, 4.69) is 0 Å². The molecular formula is C112H152Cl8O8. The Hall–Kier alpha value is -6.56. The number of Topliss-reactive ketones (excluding diaryl/α,β-unsaturated/α-hetero) is 8. The van der Waals surface area contributed by atoms with E-state index in [1.54, 1.807) is 44.2 Å². The number of rotatable bonds is 24. The highest BCUT2D eigenvalue weighted by molar-refractivity contribution is 6.33. The molecule has 0 spiro atoms. The summed E-state index contributed by atoms with van der Waals surface area (Å²) in [4.78, 5) is 101. The summed E-state index contributed by atoms with van der Waals surface area (Å²) in [5, 5.41) is -0.867. The van der Waals surface area contributed by atoms with Gasteiger partial charge in [-0.25, -0.2) is 0 Å². The Kier molecular flexibility index (Phi) is 20.7. The van der Waals surface area contributed by atoms with Gasteiger partial charge in [0.15, 0.2) is 46.3 Å². The van der Waals surface area contributed by atoms with Crippen LogP contribution in [0, 0.1) is 90.5 Å². The molecule has 8 atom stereocenters. The summed E-state index contributed by atoms with van der Waals surface area (Å²) in [6.45, 7) is -25.8. The van der Waals surface area contributed by atoms with Gasteiger partial charge in [0.05, 0.1) is 21.9 Å². The Morgan fingerprint density at radius 3 is 0.555 bits per heavy atom. The van der Waals surface area contributed by atoms with Gasteiger partial charge in [0.1, 0.15) is 0 Å². The maximum absolute atomic E-state index is 13.0. The lowest BCUT2D eigenvalue weighted by atomic mass is 9.82. The van der Waals surface area contributed by atoms with Crippen molar-refractivity contribution in [2.75, 3.05) is 0 Å². The van der Waals surface area contributed by atoms with Crippen molar-refractivity contribution in [3.8, 4) is 0 Å². The molecule has 0 radical (unpaired) electrons. The van der Waals surface area contributed by atoms with Crippen molar-refractivity contribution in [2.45, 2.75) is 272 Å². The van der Waals surface area contributed by atoms with Crippen molar-refractivity contribution in [1.29, 1.82) is 0 Å². The summed E-state index contributed by atoms with van der Waals surface area (Å²) in [7, 11) is 0. The van der Waals surface area contributed by atoms with Crippen LogP contribution in [0.3, 0.4) is 0 Å². The van der Waals surface area contributed by atoms with Crippen LogP contribution in [-0.4, -0.2) is 46.3 Å². The molecule has 8 aromatic rings. The summed E-state index contributed by atoms with van der Waals surface area (Å²) in [6.07, 6.45) is -5.55. The van der Waals surface area contributed by atoms with Crippen LogP contribution in [0.25, 0.3) is 0 Å². The molecule has 0 aromatic heterocycles. The highest BCUT2D eigenvalue weighted by Gasteiger charge is 2.30. The van der Waals surface area contributed by atoms with Gasteiger partial charge in [0.25, 0.3) is 0 Å². The van der Waals surface area contributed by atoms with Gasteiger partial charge in [-0.1, -0.05) is 410 Å². The van der Waals surface area contributed by atoms with Crippen LogP contribution < -0.4 is 0 Å². The largest absolute Gasteiger partial charge is 0.294 e. The number of halogens is 8. The summed E-state index contributed by atoms with van der Waals surface area (Å²) < 4.78 is 532. The molecule has 0 N–H and O–H groups in total. The molecule has 0 unspecified atom stereocenters. The van der Waals surface area contributed by atoms with Crippen LogP contribution in [0.5, 0.6) is 0 Å². The normalized spacial score (nSPS) is 24.9. The maximum Gasteiger partial charge on any atom is 0.165 e. The van der Waals surface area contributed by atoms with Gasteiger partial charge in [-0.2, -0.15) is 0 Å². The van der Waals surface area contributed by atoms with Crippen molar-refractivity contribution in [3.05, 3.63) is 278 Å². The van der Waals surface area contributed by atoms with Crippen molar-refractivity contribution < 1.29 is 133 Å². The summed E-state index contributed by atoms with van der Waals surface area (Å²) >= 11 is 46.4. The maximum atomic E-state index is 13.0. The Bertz CT molecular complexity index is 7450. The quantitative estimate of drug-likeness (QED) is 0.0546. The van der Waals surface area contributed by atoms with Crippen LogP contribution in [0.4, 0.5) is 0 Å². The van der Waals surface area contributed by atoms with E-state index in [9.17, 15) is 38.4 Å². The van der Waals surface area contributed by atoms with Crippen LogP contribution >= 0.6 is 92.8 Å². The lowest BCUT2D eigenvalue weighted by molar-refractivity contribution is 0.0891. The van der Waals surface area contributed by atoms with E-state index in [0.717, 1.165) is 34.6 Å². The molecule has 0 bridgehead atoms. The van der Waals surface area contributed by atoms with E-state index in [4.69, 9.17) is 187 Å². The van der Waals surface area contributed by atoms with Crippen molar-refractivity contribution >= 4 is 139 Å². The third-order valence-corrected chi connectivity index (χ3v) is 17.5.